The van der Waals surface area contributed by atoms with Crippen LogP contribution in [-0.4, -0.2) is 41.8 Å². The molecule has 2 aliphatic heterocycles. The van der Waals surface area contributed by atoms with E-state index in [4.69, 9.17) is 16.3 Å². The van der Waals surface area contributed by atoms with Crippen LogP contribution >= 0.6 is 11.6 Å². The van der Waals surface area contributed by atoms with E-state index in [0.717, 1.165) is 24.5 Å². The van der Waals surface area contributed by atoms with Crippen LogP contribution in [0.1, 0.15) is 18.0 Å². The van der Waals surface area contributed by atoms with E-state index in [1.807, 2.05) is 29.3 Å². The van der Waals surface area contributed by atoms with Crippen molar-refractivity contribution in [2.75, 3.05) is 30.0 Å². The molecule has 0 radical (unpaired) electrons. The molecule has 2 unspecified atom stereocenters. The molecule has 0 saturated carbocycles. The minimum Gasteiger partial charge on any atom is -0.510 e. The molecule has 4 rings (SSSR count). The van der Waals surface area contributed by atoms with Crippen molar-refractivity contribution in [2.45, 2.75) is 18.5 Å². The monoisotopic (exact) mass is 440 g/mol. The second kappa shape index (κ2) is 9.41. The Morgan fingerprint density at radius 2 is 2.23 bits per heavy atom. The predicted octanol–water partition coefficient (Wildman–Crippen LogP) is 3.81. The van der Waals surface area contributed by atoms with Gasteiger partial charge < -0.3 is 25.4 Å². The van der Waals surface area contributed by atoms with Crippen LogP contribution in [0.25, 0.3) is 0 Å². The summed E-state index contributed by atoms with van der Waals surface area (Å²) in [6, 6.07) is 10.4. The molecule has 8 heteroatoms. The summed E-state index contributed by atoms with van der Waals surface area (Å²) in [7, 11) is 0. The van der Waals surface area contributed by atoms with Gasteiger partial charge >= 0.3 is 0 Å². The van der Waals surface area contributed by atoms with Crippen molar-refractivity contribution in [3.05, 3.63) is 77.8 Å². The zero-order valence-corrected chi connectivity index (χ0v) is 17.8. The molecular formula is C23H25ClN4O3. The number of carbonyl (C=O) groups excluding carboxylic acids is 1. The molecule has 0 bridgehead atoms. The van der Waals surface area contributed by atoms with E-state index in [-0.39, 0.29) is 23.6 Å². The number of amides is 1. The van der Waals surface area contributed by atoms with Crippen LogP contribution in [0.2, 0.25) is 5.02 Å². The maximum absolute atomic E-state index is 12.9. The first kappa shape index (κ1) is 21.2. The van der Waals surface area contributed by atoms with Crippen LogP contribution in [0.3, 0.4) is 0 Å². The molecule has 0 aliphatic carbocycles. The number of ether oxygens (including phenoxy) is 1. The fraction of sp³-hybridized carbons (Fsp3) is 0.304. The van der Waals surface area contributed by atoms with Gasteiger partial charge in [-0.1, -0.05) is 36.4 Å². The second-order valence-electron chi connectivity index (χ2n) is 7.69. The van der Waals surface area contributed by atoms with E-state index in [0.29, 0.717) is 23.7 Å². The number of aliphatic hydroxyl groups excluding tert-OH is 1. The minimum absolute atomic E-state index is 0.143. The average molecular weight is 441 g/mol. The Kier molecular flexibility index (Phi) is 6.44. The molecule has 1 aromatic carbocycles. The summed E-state index contributed by atoms with van der Waals surface area (Å²) in [5.74, 6) is 0.0744. The molecular weight excluding hydrogens is 416 g/mol. The minimum atomic E-state index is -0.723. The van der Waals surface area contributed by atoms with Crippen LogP contribution in [0.15, 0.2) is 67.2 Å². The molecule has 1 fully saturated rings. The molecule has 0 spiro atoms. The van der Waals surface area contributed by atoms with Gasteiger partial charge in [0.05, 0.1) is 18.6 Å². The van der Waals surface area contributed by atoms with Crippen LogP contribution in [0.4, 0.5) is 11.5 Å². The number of nitrogens with one attached hydrogen (secondary N) is 2. The van der Waals surface area contributed by atoms with Crippen LogP contribution < -0.4 is 15.5 Å². The van der Waals surface area contributed by atoms with E-state index in [9.17, 15) is 9.90 Å². The van der Waals surface area contributed by atoms with Crippen LogP contribution in [-0.2, 0) is 9.53 Å². The largest absolute Gasteiger partial charge is 0.510 e. The lowest BCUT2D eigenvalue weighted by molar-refractivity contribution is -0.123. The molecule has 1 aromatic heterocycles. The average Bonchev–Trinajstić information content (AvgIpc) is 3.44. The number of aliphatic hydroxyl groups is 1. The van der Waals surface area contributed by atoms with Gasteiger partial charge in [-0.25, -0.2) is 4.98 Å². The number of carbonyl (C=O) groups is 1. The Bertz CT molecular complexity index is 990. The van der Waals surface area contributed by atoms with Gasteiger partial charge in [0.1, 0.15) is 17.6 Å². The molecule has 1 saturated heterocycles. The van der Waals surface area contributed by atoms with E-state index >= 15 is 0 Å². The number of aromatic nitrogens is 1. The van der Waals surface area contributed by atoms with Crippen molar-refractivity contribution < 1.29 is 14.6 Å². The number of halogens is 1. The first-order valence-electron chi connectivity index (χ1n) is 10.2. The van der Waals surface area contributed by atoms with E-state index < -0.39 is 6.04 Å². The summed E-state index contributed by atoms with van der Waals surface area (Å²) in [6.07, 6.45) is 6.45. The molecule has 3 atom stereocenters. The third-order valence-electron chi connectivity index (χ3n) is 5.39. The number of nitrogens with zero attached hydrogens (tertiary/aromatic N) is 2. The third-order valence-corrected chi connectivity index (χ3v) is 5.62. The predicted molar refractivity (Wildman–Crippen MR) is 121 cm³/mol. The van der Waals surface area contributed by atoms with Gasteiger partial charge in [-0.15, -0.1) is 0 Å². The highest BCUT2D eigenvalue weighted by molar-refractivity contribution is 6.30. The Labute approximate surface area is 186 Å². The molecule has 3 N–H and O–H groups in total. The smallest absolute Gasteiger partial charge is 0.229 e. The number of pyridine rings is 1. The Morgan fingerprint density at radius 3 is 2.97 bits per heavy atom. The second-order valence-corrected chi connectivity index (χ2v) is 8.13. The molecule has 1 amide bonds. The first-order valence-corrected chi connectivity index (χ1v) is 10.6. The lowest BCUT2D eigenvalue weighted by Crippen LogP contribution is -2.36. The van der Waals surface area contributed by atoms with E-state index in [2.05, 4.69) is 22.2 Å². The van der Waals surface area contributed by atoms with Gasteiger partial charge in [-0.3, -0.25) is 4.79 Å². The molecule has 7 nitrogen and oxygen atoms in total. The number of rotatable bonds is 7. The van der Waals surface area contributed by atoms with Gasteiger partial charge in [0.15, 0.2) is 0 Å². The third kappa shape index (κ3) is 5.18. The molecule has 3 heterocycles. The summed E-state index contributed by atoms with van der Waals surface area (Å²) in [6.45, 7) is 5.54. The highest BCUT2D eigenvalue weighted by Gasteiger charge is 2.27. The van der Waals surface area contributed by atoms with E-state index in [1.165, 1.54) is 0 Å². The fourth-order valence-corrected chi connectivity index (χ4v) is 3.93. The summed E-state index contributed by atoms with van der Waals surface area (Å²) >= 11 is 6.05. The van der Waals surface area contributed by atoms with Crippen molar-refractivity contribution in [1.82, 2.24) is 10.3 Å². The van der Waals surface area contributed by atoms with Crippen LogP contribution in [0.5, 0.6) is 0 Å². The lowest BCUT2D eigenvalue weighted by atomic mass is 10.0. The summed E-state index contributed by atoms with van der Waals surface area (Å²) in [4.78, 5) is 19.3. The zero-order valence-electron chi connectivity index (χ0n) is 17.0. The maximum Gasteiger partial charge on any atom is 0.229 e. The van der Waals surface area contributed by atoms with Gasteiger partial charge in [-0.05, 0) is 30.2 Å². The van der Waals surface area contributed by atoms with Gasteiger partial charge in [-0.2, -0.15) is 0 Å². The molecule has 162 valence electrons. The number of hydrogen-bond donors (Lipinski definition) is 3. The molecule has 2 aromatic rings. The number of benzene rings is 1. The number of anilines is 2. The number of hydrogen-bond acceptors (Lipinski definition) is 6. The maximum atomic E-state index is 12.9. The van der Waals surface area contributed by atoms with Crippen LogP contribution in [0, 0.1) is 5.92 Å². The van der Waals surface area contributed by atoms with E-state index in [1.54, 1.807) is 30.5 Å². The van der Waals surface area contributed by atoms with Gasteiger partial charge in [0.2, 0.25) is 5.91 Å². The summed E-state index contributed by atoms with van der Waals surface area (Å²) in [5.41, 5.74) is 1.62. The lowest BCUT2D eigenvalue weighted by Gasteiger charge is -2.22. The van der Waals surface area contributed by atoms with Crippen molar-refractivity contribution in [2.24, 2.45) is 5.92 Å². The standard InChI is InChI=1S/C23H25ClN4O3/c1-15(29)22(16-3-2-4-18(24)11-16)27-23(30)17-6-9-28(13-17)20-5-8-25-21(12-20)26-19-7-10-31-14-19/h2-6,8-9,11-12,17,19,22,29H,1,7,10,13-14H2,(H,25,26)(H,27,30)/t17?,19?,22-/m1/s1. The zero-order chi connectivity index (χ0) is 21.8. The Morgan fingerprint density at radius 1 is 1.35 bits per heavy atom. The summed E-state index contributed by atoms with van der Waals surface area (Å²) < 4.78 is 5.40. The fourth-order valence-electron chi connectivity index (χ4n) is 3.73. The van der Waals surface area contributed by atoms with Gasteiger partial charge in [0, 0.05) is 42.3 Å². The Balaban J connectivity index is 1.39. The van der Waals surface area contributed by atoms with Crippen molar-refractivity contribution in [3.63, 3.8) is 0 Å². The van der Waals surface area contributed by atoms with Crippen molar-refractivity contribution in [1.29, 1.82) is 0 Å². The quantitative estimate of drug-likeness (QED) is 0.567. The van der Waals surface area contributed by atoms with Crippen molar-refractivity contribution >= 4 is 29.0 Å². The molecule has 31 heavy (non-hydrogen) atoms. The normalized spacial score (nSPS) is 21.1. The first-order chi connectivity index (χ1) is 15.0. The summed E-state index contributed by atoms with van der Waals surface area (Å²) in [5, 5.41) is 16.8. The highest BCUT2D eigenvalue weighted by atomic mass is 35.5. The van der Waals surface area contributed by atoms with Crippen molar-refractivity contribution in [3.8, 4) is 0 Å². The topological polar surface area (TPSA) is 86.7 Å². The molecule has 2 aliphatic rings. The Hall–Kier alpha value is -3.03. The van der Waals surface area contributed by atoms with Gasteiger partial charge in [0.25, 0.3) is 0 Å². The highest BCUT2D eigenvalue weighted by Crippen LogP contribution is 2.26. The SMILES string of the molecule is C=C(O)[C@@H](NC(=O)C1C=CN(c2ccnc(NC3CCOC3)c2)C1)c1cccc(Cl)c1.